The van der Waals surface area contributed by atoms with Gasteiger partial charge >= 0.3 is 0 Å². The van der Waals surface area contributed by atoms with Crippen LogP contribution in [0.5, 0.6) is 0 Å². The zero-order valence-corrected chi connectivity index (χ0v) is 13.1. The molecule has 0 unspecified atom stereocenters. The highest BCUT2D eigenvalue weighted by Gasteiger charge is 2.33. The van der Waals surface area contributed by atoms with E-state index in [0.29, 0.717) is 25.3 Å². The van der Waals surface area contributed by atoms with E-state index in [0.717, 1.165) is 18.8 Å². The number of aromatic nitrogens is 4. The Morgan fingerprint density at radius 3 is 3.09 bits per heavy atom. The Balaban J connectivity index is 1.58. The van der Waals surface area contributed by atoms with Crippen molar-refractivity contribution < 1.29 is 9.90 Å². The van der Waals surface area contributed by atoms with Gasteiger partial charge < -0.3 is 15.0 Å². The lowest BCUT2D eigenvalue weighted by Crippen LogP contribution is -2.43. The molecule has 1 saturated heterocycles. The van der Waals surface area contributed by atoms with Crippen molar-refractivity contribution in [2.45, 2.75) is 38.6 Å². The zero-order chi connectivity index (χ0) is 16.2. The summed E-state index contributed by atoms with van der Waals surface area (Å²) in [6.07, 6.45) is 5.77. The number of hydrogen-bond donors (Lipinski definition) is 3. The third-order valence-electron chi connectivity index (χ3n) is 4.06. The summed E-state index contributed by atoms with van der Waals surface area (Å²) in [7, 11) is 0. The summed E-state index contributed by atoms with van der Waals surface area (Å²) in [6, 6.07) is 1.32. The molecule has 124 valence electrons. The Morgan fingerprint density at radius 2 is 2.35 bits per heavy atom. The molecule has 1 amide bonds. The van der Waals surface area contributed by atoms with Crippen molar-refractivity contribution in [3.8, 4) is 0 Å². The summed E-state index contributed by atoms with van der Waals surface area (Å²) in [5.41, 5.74) is 0.397. The molecular formula is C15H22N6O2. The summed E-state index contributed by atoms with van der Waals surface area (Å²) >= 11 is 0. The van der Waals surface area contributed by atoms with E-state index in [-0.39, 0.29) is 11.9 Å². The zero-order valence-electron chi connectivity index (χ0n) is 13.1. The van der Waals surface area contributed by atoms with Gasteiger partial charge in [0.1, 0.15) is 11.5 Å². The standard InChI is InChI=1S/C15H22N6O2/c1-2-6-21-7-5-16-14(21)10-20-8-12(13(22)9-20)18-15(23)11-3-4-17-19-11/h3-5,7,12-13,22H,2,6,8-10H2,1H3,(H,17,19)(H,18,23)/t12-,13-/m1/s1. The largest absolute Gasteiger partial charge is 0.390 e. The minimum Gasteiger partial charge on any atom is -0.390 e. The van der Waals surface area contributed by atoms with Crippen LogP contribution in [-0.4, -0.2) is 60.9 Å². The van der Waals surface area contributed by atoms with Gasteiger partial charge in [0.25, 0.3) is 5.91 Å². The molecule has 2 aromatic rings. The second-order valence-electron chi connectivity index (χ2n) is 5.85. The Hall–Kier alpha value is -2.19. The number of carbonyl (C=O) groups is 1. The highest BCUT2D eigenvalue weighted by Crippen LogP contribution is 2.14. The van der Waals surface area contributed by atoms with Gasteiger partial charge in [-0.3, -0.25) is 14.8 Å². The average molecular weight is 318 g/mol. The topological polar surface area (TPSA) is 99.1 Å². The van der Waals surface area contributed by atoms with Gasteiger partial charge in [-0.15, -0.1) is 0 Å². The van der Waals surface area contributed by atoms with Crippen LogP contribution in [0.3, 0.4) is 0 Å². The van der Waals surface area contributed by atoms with E-state index in [1.807, 2.05) is 6.20 Å². The molecule has 1 fully saturated rings. The summed E-state index contributed by atoms with van der Waals surface area (Å²) in [5.74, 6) is 0.737. The number of imidazole rings is 1. The molecule has 0 aromatic carbocycles. The van der Waals surface area contributed by atoms with Crippen molar-refractivity contribution in [2.24, 2.45) is 0 Å². The number of likely N-dealkylation sites (tertiary alicyclic amines) is 1. The van der Waals surface area contributed by atoms with Crippen LogP contribution in [0.15, 0.2) is 24.7 Å². The smallest absolute Gasteiger partial charge is 0.269 e. The van der Waals surface area contributed by atoms with E-state index in [9.17, 15) is 9.90 Å². The number of β-amino-alcohol motifs (C(OH)–C–C–N with tert-alkyl or cyclic N) is 1. The van der Waals surface area contributed by atoms with Gasteiger partial charge in [-0.1, -0.05) is 6.92 Å². The average Bonchev–Trinajstić information content (AvgIpc) is 3.24. The first-order valence-electron chi connectivity index (χ1n) is 7.88. The monoisotopic (exact) mass is 318 g/mol. The number of amides is 1. The molecule has 1 aliphatic rings. The van der Waals surface area contributed by atoms with Crippen LogP contribution in [0.2, 0.25) is 0 Å². The minimum absolute atomic E-state index is 0.249. The first-order chi connectivity index (χ1) is 11.2. The summed E-state index contributed by atoms with van der Waals surface area (Å²) in [4.78, 5) is 18.5. The number of rotatable bonds is 6. The van der Waals surface area contributed by atoms with Gasteiger partial charge in [0.2, 0.25) is 0 Å². The molecule has 0 saturated carbocycles. The predicted molar refractivity (Wildman–Crippen MR) is 83.6 cm³/mol. The maximum absolute atomic E-state index is 12.0. The molecule has 1 aliphatic heterocycles. The fraction of sp³-hybridized carbons (Fsp3) is 0.533. The van der Waals surface area contributed by atoms with Gasteiger partial charge in [0, 0.05) is 38.2 Å². The lowest BCUT2D eigenvalue weighted by atomic mass is 10.2. The second kappa shape index (κ2) is 6.93. The molecule has 3 heterocycles. The Kier molecular flexibility index (Phi) is 4.73. The molecule has 0 bridgehead atoms. The van der Waals surface area contributed by atoms with E-state index >= 15 is 0 Å². The van der Waals surface area contributed by atoms with Crippen molar-refractivity contribution in [2.75, 3.05) is 13.1 Å². The van der Waals surface area contributed by atoms with Gasteiger partial charge in [-0.05, 0) is 12.5 Å². The van der Waals surface area contributed by atoms with Crippen molar-refractivity contribution in [1.29, 1.82) is 0 Å². The number of aromatic amines is 1. The molecule has 0 spiro atoms. The van der Waals surface area contributed by atoms with Crippen molar-refractivity contribution >= 4 is 5.91 Å². The summed E-state index contributed by atoms with van der Waals surface area (Å²) < 4.78 is 2.13. The number of aliphatic hydroxyl groups is 1. The Bertz CT molecular complexity index is 638. The highest BCUT2D eigenvalue weighted by molar-refractivity contribution is 5.92. The Morgan fingerprint density at radius 1 is 1.48 bits per heavy atom. The van der Waals surface area contributed by atoms with E-state index in [2.05, 4.69) is 36.9 Å². The SMILES string of the molecule is CCCn1ccnc1CN1C[C@@H](O)[C@H](NC(=O)c2ccn[nH]2)C1. The number of H-pyrrole nitrogens is 1. The fourth-order valence-corrected chi connectivity index (χ4v) is 2.90. The number of carbonyl (C=O) groups excluding carboxylic acids is 1. The molecule has 8 heteroatoms. The van der Waals surface area contributed by atoms with Crippen LogP contribution in [0.25, 0.3) is 0 Å². The van der Waals surface area contributed by atoms with Crippen molar-refractivity contribution in [3.05, 3.63) is 36.2 Å². The number of nitrogens with one attached hydrogen (secondary N) is 2. The summed E-state index contributed by atoms with van der Waals surface area (Å²) in [6.45, 7) is 4.85. The molecule has 8 nitrogen and oxygen atoms in total. The molecule has 2 aromatic heterocycles. The molecule has 3 N–H and O–H groups in total. The van der Waals surface area contributed by atoms with E-state index < -0.39 is 6.10 Å². The highest BCUT2D eigenvalue weighted by atomic mass is 16.3. The maximum atomic E-state index is 12.0. The first-order valence-corrected chi connectivity index (χ1v) is 7.88. The minimum atomic E-state index is -0.587. The normalized spacial score (nSPS) is 21.7. The van der Waals surface area contributed by atoms with Gasteiger partial charge in [0.15, 0.2) is 0 Å². The lowest BCUT2D eigenvalue weighted by molar-refractivity contribution is 0.0883. The van der Waals surface area contributed by atoms with Gasteiger partial charge in [-0.2, -0.15) is 5.10 Å². The number of aliphatic hydroxyl groups excluding tert-OH is 1. The van der Waals surface area contributed by atoms with Gasteiger partial charge in [-0.25, -0.2) is 4.98 Å². The van der Waals surface area contributed by atoms with Crippen LogP contribution in [0.1, 0.15) is 29.7 Å². The van der Waals surface area contributed by atoms with Crippen molar-refractivity contribution in [3.63, 3.8) is 0 Å². The number of aryl methyl sites for hydroxylation is 1. The molecular weight excluding hydrogens is 296 g/mol. The third-order valence-corrected chi connectivity index (χ3v) is 4.06. The van der Waals surface area contributed by atoms with Crippen LogP contribution in [0.4, 0.5) is 0 Å². The maximum Gasteiger partial charge on any atom is 0.269 e. The molecule has 0 aliphatic carbocycles. The molecule has 0 radical (unpaired) electrons. The number of nitrogens with zero attached hydrogens (tertiary/aromatic N) is 4. The summed E-state index contributed by atoms with van der Waals surface area (Å²) in [5, 5.41) is 19.4. The first kappa shape index (κ1) is 15.7. The second-order valence-corrected chi connectivity index (χ2v) is 5.85. The predicted octanol–water partition coefficient (Wildman–Crippen LogP) is -0.00870. The van der Waals surface area contributed by atoms with Crippen LogP contribution in [0, 0.1) is 0 Å². The lowest BCUT2D eigenvalue weighted by Gasteiger charge is -2.16. The van der Waals surface area contributed by atoms with E-state index in [4.69, 9.17) is 0 Å². The van der Waals surface area contributed by atoms with Crippen molar-refractivity contribution in [1.82, 2.24) is 30.0 Å². The molecule has 2 atom stereocenters. The van der Waals surface area contributed by atoms with Crippen LogP contribution >= 0.6 is 0 Å². The fourth-order valence-electron chi connectivity index (χ4n) is 2.90. The molecule has 23 heavy (non-hydrogen) atoms. The van der Waals surface area contributed by atoms with Gasteiger partial charge in [0.05, 0.1) is 18.7 Å². The third kappa shape index (κ3) is 3.59. The van der Waals surface area contributed by atoms with E-state index in [1.165, 1.54) is 6.20 Å². The van der Waals surface area contributed by atoms with Crippen LogP contribution in [-0.2, 0) is 13.1 Å². The Labute approximate surface area is 134 Å². The van der Waals surface area contributed by atoms with E-state index in [1.54, 1.807) is 12.3 Å². The quantitative estimate of drug-likeness (QED) is 0.696. The number of hydrogen-bond acceptors (Lipinski definition) is 5. The molecule has 3 rings (SSSR count). The van der Waals surface area contributed by atoms with Crippen LogP contribution < -0.4 is 5.32 Å².